The van der Waals surface area contributed by atoms with Crippen LogP contribution in [0.2, 0.25) is 0 Å². The predicted octanol–water partition coefficient (Wildman–Crippen LogP) is 2.36. The molecule has 4 heteroatoms. The molecule has 1 atom stereocenters. The molecular formula is C14H22N2O2. The minimum absolute atomic E-state index is 0.140. The quantitative estimate of drug-likeness (QED) is 0.787. The van der Waals surface area contributed by atoms with Crippen molar-refractivity contribution in [2.45, 2.75) is 13.8 Å². The van der Waals surface area contributed by atoms with Crippen molar-refractivity contribution in [2.75, 3.05) is 37.5 Å². The first-order valence-electron chi connectivity index (χ1n) is 6.22. The number of benzene rings is 1. The lowest BCUT2D eigenvalue weighted by Crippen LogP contribution is -2.22. The number of nitrogens with zero attached hydrogens (tertiary/aromatic N) is 1. The first-order valence-corrected chi connectivity index (χ1v) is 6.22. The zero-order valence-electron chi connectivity index (χ0n) is 11.6. The van der Waals surface area contributed by atoms with Crippen LogP contribution in [0.15, 0.2) is 24.3 Å². The van der Waals surface area contributed by atoms with Gasteiger partial charge in [-0.2, -0.15) is 0 Å². The maximum Gasteiger partial charge on any atom is 0.310 e. The summed E-state index contributed by atoms with van der Waals surface area (Å²) in [6, 6.07) is 8.09. The van der Waals surface area contributed by atoms with Crippen LogP contribution in [0.3, 0.4) is 0 Å². The molecule has 0 heterocycles. The monoisotopic (exact) mass is 250 g/mol. The van der Waals surface area contributed by atoms with E-state index in [4.69, 9.17) is 4.74 Å². The Morgan fingerprint density at radius 1 is 1.33 bits per heavy atom. The molecule has 100 valence electrons. The zero-order valence-corrected chi connectivity index (χ0v) is 11.6. The van der Waals surface area contributed by atoms with E-state index >= 15 is 0 Å². The number of esters is 1. The van der Waals surface area contributed by atoms with Crippen molar-refractivity contribution >= 4 is 17.3 Å². The number of carbonyl (C=O) groups excluding carboxylic acids is 1. The highest BCUT2D eigenvalue weighted by Crippen LogP contribution is 2.16. The maximum absolute atomic E-state index is 11.4. The van der Waals surface area contributed by atoms with E-state index in [1.54, 1.807) is 0 Å². The second-order valence-electron chi connectivity index (χ2n) is 4.48. The van der Waals surface area contributed by atoms with Gasteiger partial charge in [0.2, 0.25) is 0 Å². The Hall–Kier alpha value is -1.71. The summed E-state index contributed by atoms with van der Waals surface area (Å²) in [5.74, 6) is -0.298. The molecule has 1 aromatic carbocycles. The van der Waals surface area contributed by atoms with Gasteiger partial charge in [0.15, 0.2) is 0 Å². The van der Waals surface area contributed by atoms with E-state index in [9.17, 15) is 4.79 Å². The summed E-state index contributed by atoms with van der Waals surface area (Å²) in [4.78, 5) is 13.5. The summed E-state index contributed by atoms with van der Waals surface area (Å²) in [7, 11) is 4.01. The van der Waals surface area contributed by atoms with E-state index in [1.165, 1.54) is 0 Å². The van der Waals surface area contributed by atoms with E-state index in [0.29, 0.717) is 13.2 Å². The molecule has 1 unspecified atom stereocenters. The van der Waals surface area contributed by atoms with Gasteiger partial charge in [0, 0.05) is 32.0 Å². The fourth-order valence-corrected chi connectivity index (χ4v) is 1.52. The molecule has 18 heavy (non-hydrogen) atoms. The first-order chi connectivity index (χ1) is 8.54. The van der Waals surface area contributed by atoms with Crippen LogP contribution in [0.5, 0.6) is 0 Å². The van der Waals surface area contributed by atoms with Gasteiger partial charge in [0.25, 0.3) is 0 Å². The predicted molar refractivity (Wildman–Crippen MR) is 75.1 cm³/mol. The molecule has 0 spiro atoms. The van der Waals surface area contributed by atoms with Gasteiger partial charge in [-0.1, -0.05) is 6.92 Å². The number of carbonyl (C=O) groups is 1. The SMILES string of the molecule is CCOC(=O)C(C)CNc1ccc(N(C)C)cc1. The number of ether oxygens (including phenoxy) is 1. The van der Waals surface area contributed by atoms with E-state index in [2.05, 4.69) is 5.32 Å². The van der Waals surface area contributed by atoms with Gasteiger partial charge in [-0.3, -0.25) is 4.79 Å². The molecule has 0 saturated heterocycles. The van der Waals surface area contributed by atoms with Crippen LogP contribution in [-0.4, -0.2) is 33.2 Å². The molecule has 4 nitrogen and oxygen atoms in total. The molecule has 0 radical (unpaired) electrons. The number of anilines is 2. The Kier molecular flexibility index (Phi) is 5.49. The summed E-state index contributed by atoms with van der Waals surface area (Å²) < 4.78 is 4.96. The Bertz CT molecular complexity index is 374. The van der Waals surface area contributed by atoms with Crippen LogP contribution in [0, 0.1) is 5.92 Å². The largest absolute Gasteiger partial charge is 0.466 e. The van der Waals surface area contributed by atoms with E-state index < -0.39 is 0 Å². The molecule has 0 aliphatic carbocycles. The van der Waals surface area contributed by atoms with Gasteiger partial charge in [-0.05, 0) is 31.2 Å². The van der Waals surface area contributed by atoms with Crippen molar-refractivity contribution in [1.82, 2.24) is 0 Å². The Morgan fingerprint density at radius 2 is 1.94 bits per heavy atom. The van der Waals surface area contributed by atoms with Gasteiger partial charge >= 0.3 is 5.97 Å². The summed E-state index contributed by atoms with van der Waals surface area (Å²) in [5, 5.41) is 3.23. The van der Waals surface area contributed by atoms with Gasteiger partial charge < -0.3 is 15.0 Å². The molecule has 1 N–H and O–H groups in total. The standard InChI is InChI=1S/C14H22N2O2/c1-5-18-14(17)11(2)10-15-12-6-8-13(9-7-12)16(3)4/h6-9,11,15H,5,10H2,1-4H3. The molecule has 1 aromatic rings. The Labute approximate surface area is 109 Å². The summed E-state index contributed by atoms with van der Waals surface area (Å²) in [6.07, 6.45) is 0. The molecule has 0 fully saturated rings. The van der Waals surface area contributed by atoms with Crippen molar-refractivity contribution in [3.63, 3.8) is 0 Å². The van der Waals surface area contributed by atoms with Crippen LogP contribution in [0.1, 0.15) is 13.8 Å². The third kappa shape index (κ3) is 4.28. The number of nitrogens with one attached hydrogen (secondary N) is 1. The highest BCUT2D eigenvalue weighted by molar-refractivity contribution is 5.72. The molecule has 0 bridgehead atoms. The maximum atomic E-state index is 11.4. The summed E-state index contributed by atoms with van der Waals surface area (Å²) in [6.45, 7) is 4.69. The normalized spacial score (nSPS) is 11.8. The minimum Gasteiger partial charge on any atom is -0.466 e. The van der Waals surface area contributed by atoms with Crippen LogP contribution in [0.25, 0.3) is 0 Å². The van der Waals surface area contributed by atoms with E-state index in [0.717, 1.165) is 11.4 Å². The van der Waals surface area contributed by atoms with Crippen molar-refractivity contribution < 1.29 is 9.53 Å². The Morgan fingerprint density at radius 3 is 2.44 bits per heavy atom. The number of hydrogen-bond acceptors (Lipinski definition) is 4. The lowest BCUT2D eigenvalue weighted by atomic mass is 10.2. The third-order valence-corrected chi connectivity index (χ3v) is 2.69. The van der Waals surface area contributed by atoms with E-state index in [1.807, 2.05) is 57.1 Å². The van der Waals surface area contributed by atoms with Crippen molar-refractivity contribution in [3.8, 4) is 0 Å². The lowest BCUT2D eigenvalue weighted by Gasteiger charge is -2.15. The van der Waals surface area contributed by atoms with Crippen LogP contribution < -0.4 is 10.2 Å². The zero-order chi connectivity index (χ0) is 13.5. The second-order valence-corrected chi connectivity index (χ2v) is 4.48. The molecule has 1 rings (SSSR count). The Balaban J connectivity index is 2.46. The van der Waals surface area contributed by atoms with Crippen molar-refractivity contribution in [1.29, 1.82) is 0 Å². The summed E-state index contributed by atoms with van der Waals surface area (Å²) >= 11 is 0. The van der Waals surface area contributed by atoms with Crippen LogP contribution >= 0.6 is 0 Å². The van der Waals surface area contributed by atoms with Crippen molar-refractivity contribution in [2.24, 2.45) is 5.92 Å². The molecule has 0 saturated carbocycles. The topological polar surface area (TPSA) is 41.6 Å². The minimum atomic E-state index is -0.157. The highest BCUT2D eigenvalue weighted by Gasteiger charge is 2.13. The number of rotatable bonds is 6. The third-order valence-electron chi connectivity index (χ3n) is 2.69. The van der Waals surface area contributed by atoms with Gasteiger partial charge in [0.1, 0.15) is 0 Å². The average Bonchev–Trinajstić information content (AvgIpc) is 2.36. The molecular weight excluding hydrogens is 228 g/mol. The van der Waals surface area contributed by atoms with Gasteiger partial charge in [0.05, 0.1) is 12.5 Å². The fourth-order valence-electron chi connectivity index (χ4n) is 1.52. The second kappa shape index (κ2) is 6.89. The highest BCUT2D eigenvalue weighted by atomic mass is 16.5. The summed E-state index contributed by atoms with van der Waals surface area (Å²) in [5.41, 5.74) is 2.16. The molecule has 0 aromatic heterocycles. The number of hydrogen-bond donors (Lipinski definition) is 1. The molecule has 0 aliphatic rings. The first kappa shape index (κ1) is 14.4. The van der Waals surface area contributed by atoms with Crippen molar-refractivity contribution in [3.05, 3.63) is 24.3 Å². The van der Waals surface area contributed by atoms with Gasteiger partial charge in [-0.25, -0.2) is 0 Å². The lowest BCUT2D eigenvalue weighted by molar-refractivity contribution is -0.146. The molecule has 0 aliphatic heterocycles. The smallest absolute Gasteiger partial charge is 0.310 e. The molecule has 0 amide bonds. The van der Waals surface area contributed by atoms with E-state index in [-0.39, 0.29) is 11.9 Å². The van der Waals surface area contributed by atoms with Gasteiger partial charge in [-0.15, -0.1) is 0 Å². The fraction of sp³-hybridized carbons (Fsp3) is 0.500. The average molecular weight is 250 g/mol. The van der Waals surface area contributed by atoms with Crippen LogP contribution in [-0.2, 0) is 9.53 Å². The van der Waals surface area contributed by atoms with Crippen LogP contribution in [0.4, 0.5) is 11.4 Å².